The van der Waals surface area contributed by atoms with Crippen LogP contribution >= 0.6 is 0 Å². The highest BCUT2D eigenvalue weighted by Gasteiger charge is 2.10. The van der Waals surface area contributed by atoms with Crippen LogP contribution < -0.4 is 5.32 Å². The van der Waals surface area contributed by atoms with Crippen molar-refractivity contribution in [3.63, 3.8) is 0 Å². The molecule has 1 unspecified atom stereocenters. The van der Waals surface area contributed by atoms with Crippen LogP contribution in [0.3, 0.4) is 0 Å². The third-order valence-corrected chi connectivity index (χ3v) is 3.41. The van der Waals surface area contributed by atoms with Gasteiger partial charge in [0.15, 0.2) is 0 Å². The summed E-state index contributed by atoms with van der Waals surface area (Å²) >= 11 is 0. The van der Waals surface area contributed by atoms with E-state index in [2.05, 4.69) is 19.2 Å². The minimum atomic E-state index is -0.149. The van der Waals surface area contributed by atoms with Crippen molar-refractivity contribution in [1.82, 2.24) is 5.32 Å². The maximum Gasteiger partial charge on any atom is 0.123 e. The van der Waals surface area contributed by atoms with Crippen molar-refractivity contribution in [2.24, 2.45) is 5.92 Å². The summed E-state index contributed by atoms with van der Waals surface area (Å²) in [6.45, 7) is 7.86. The number of rotatable bonds is 11. The maximum atomic E-state index is 13.2. The highest BCUT2D eigenvalue weighted by Crippen LogP contribution is 2.13. The molecule has 3 heteroatoms. The summed E-state index contributed by atoms with van der Waals surface area (Å²) in [6.07, 6.45) is 4.22. The predicted octanol–water partition coefficient (Wildman–Crippen LogP) is 3.80. The van der Waals surface area contributed by atoms with Crippen molar-refractivity contribution < 1.29 is 9.13 Å². The van der Waals surface area contributed by atoms with Gasteiger partial charge < -0.3 is 10.1 Å². The third kappa shape index (κ3) is 7.61. The van der Waals surface area contributed by atoms with Gasteiger partial charge in [-0.05, 0) is 56.0 Å². The third-order valence-electron chi connectivity index (χ3n) is 3.41. The summed E-state index contributed by atoms with van der Waals surface area (Å²) in [5.41, 5.74) is 1.07. The summed E-state index contributed by atoms with van der Waals surface area (Å²) in [7, 11) is 0. The van der Waals surface area contributed by atoms with Gasteiger partial charge in [-0.3, -0.25) is 0 Å². The number of benzene rings is 1. The summed E-state index contributed by atoms with van der Waals surface area (Å²) in [5, 5.41) is 3.39. The lowest BCUT2D eigenvalue weighted by molar-refractivity contribution is 0.117. The molecule has 1 rings (SSSR count). The summed E-state index contributed by atoms with van der Waals surface area (Å²) in [5.74, 6) is 0.349. The van der Waals surface area contributed by atoms with E-state index in [1.165, 1.54) is 12.5 Å². The van der Waals surface area contributed by atoms with E-state index in [1.807, 2.05) is 6.07 Å². The van der Waals surface area contributed by atoms with E-state index in [-0.39, 0.29) is 5.82 Å². The van der Waals surface area contributed by atoms with Crippen molar-refractivity contribution in [1.29, 1.82) is 0 Å². The maximum absolute atomic E-state index is 13.2. The zero-order valence-corrected chi connectivity index (χ0v) is 12.8. The van der Waals surface area contributed by atoms with Gasteiger partial charge in [-0.15, -0.1) is 0 Å². The molecule has 1 N–H and O–H groups in total. The van der Waals surface area contributed by atoms with Gasteiger partial charge in [-0.1, -0.05) is 32.4 Å². The van der Waals surface area contributed by atoms with Crippen LogP contribution in [0.1, 0.15) is 38.7 Å². The lowest BCUT2D eigenvalue weighted by atomic mass is 9.96. The number of hydrogen-bond donors (Lipinski definition) is 1. The van der Waals surface area contributed by atoms with Gasteiger partial charge in [-0.25, -0.2) is 4.39 Å². The van der Waals surface area contributed by atoms with Gasteiger partial charge in [0.25, 0.3) is 0 Å². The molecule has 1 aromatic rings. The van der Waals surface area contributed by atoms with E-state index in [4.69, 9.17) is 4.74 Å². The Balaban J connectivity index is 2.38. The Labute approximate surface area is 122 Å². The topological polar surface area (TPSA) is 21.3 Å². The van der Waals surface area contributed by atoms with E-state index in [9.17, 15) is 4.39 Å². The Morgan fingerprint density at radius 3 is 2.80 bits per heavy atom. The monoisotopic (exact) mass is 281 g/mol. The lowest BCUT2D eigenvalue weighted by Gasteiger charge is -2.17. The minimum absolute atomic E-state index is 0.149. The first kappa shape index (κ1) is 17.1. The molecule has 0 bridgehead atoms. The quantitative estimate of drug-likeness (QED) is 0.623. The van der Waals surface area contributed by atoms with Crippen LogP contribution in [0.15, 0.2) is 24.3 Å². The van der Waals surface area contributed by atoms with E-state index < -0.39 is 0 Å². The Kier molecular flexibility index (Phi) is 9.25. The number of nitrogens with one attached hydrogen (secondary N) is 1. The number of unbranched alkanes of at least 4 members (excludes halogenated alkanes) is 1. The van der Waals surface area contributed by atoms with Crippen molar-refractivity contribution in [2.45, 2.75) is 39.5 Å². The minimum Gasteiger partial charge on any atom is -0.381 e. The molecule has 0 radical (unpaired) electrons. The molecule has 0 fully saturated rings. The largest absolute Gasteiger partial charge is 0.381 e. The SMILES string of the molecule is CCCCOCCC(CNCC)Cc1cccc(F)c1. The molecule has 0 aromatic heterocycles. The van der Waals surface area contributed by atoms with E-state index in [0.29, 0.717) is 5.92 Å². The van der Waals surface area contributed by atoms with Crippen molar-refractivity contribution in [3.05, 3.63) is 35.6 Å². The van der Waals surface area contributed by atoms with Crippen molar-refractivity contribution >= 4 is 0 Å². The van der Waals surface area contributed by atoms with E-state index >= 15 is 0 Å². The second kappa shape index (κ2) is 10.8. The van der Waals surface area contributed by atoms with Crippen LogP contribution in [0.2, 0.25) is 0 Å². The second-order valence-electron chi connectivity index (χ2n) is 5.26. The molecule has 2 nitrogen and oxygen atoms in total. The molecule has 0 spiro atoms. The molecule has 1 atom stereocenters. The average Bonchev–Trinajstić information content (AvgIpc) is 2.44. The Morgan fingerprint density at radius 2 is 2.10 bits per heavy atom. The standard InChI is InChI=1S/C17H28FNO/c1-3-5-10-20-11-9-16(14-19-4-2)12-15-7-6-8-17(18)13-15/h6-8,13,16,19H,3-5,9-12,14H2,1-2H3. The predicted molar refractivity (Wildman–Crippen MR) is 82.5 cm³/mol. The second-order valence-corrected chi connectivity index (χ2v) is 5.26. The molecule has 114 valence electrons. The van der Waals surface area contributed by atoms with Gasteiger partial charge in [-0.2, -0.15) is 0 Å². The molecule has 1 aromatic carbocycles. The fourth-order valence-corrected chi connectivity index (χ4v) is 2.22. The molecule has 0 heterocycles. The zero-order chi connectivity index (χ0) is 14.6. The van der Waals surface area contributed by atoms with E-state index in [1.54, 1.807) is 12.1 Å². The first-order chi connectivity index (χ1) is 9.76. The molecule has 0 saturated carbocycles. The number of hydrogen-bond acceptors (Lipinski definition) is 2. The fraction of sp³-hybridized carbons (Fsp3) is 0.647. The summed E-state index contributed by atoms with van der Waals surface area (Å²) < 4.78 is 18.9. The Hall–Kier alpha value is -0.930. The van der Waals surface area contributed by atoms with Crippen LogP contribution in [-0.2, 0) is 11.2 Å². The molecule has 0 aliphatic carbocycles. The van der Waals surface area contributed by atoms with Crippen LogP contribution in [0, 0.1) is 11.7 Å². The van der Waals surface area contributed by atoms with Crippen molar-refractivity contribution in [2.75, 3.05) is 26.3 Å². The molecule has 0 aliphatic heterocycles. The van der Waals surface area contributed by atoms with Gasteiger partial charge >= 0.3 is 0 Å². The fourth-order valence-electron chi connectivity index (χ4n) is 2.22. The molecule has 0 saturated heterocycles. The van der Waals surface area contributed by atoms with Crippen LogP contribution in [0.25, 0.3) is 0 Å². The van der Waals surface area contributed by atoms with Crippen LogP contribution in [0.4, 0.5) is 4.39 Å². The molecule has 0 amide bonds. The summed E-state index contributed by atoms with van der Waals surface area (Å²) in [6, 6.07) is 6.92. The Morgan fingerprint density at radius 1 is 1.25 bits per heavy atom. The van der Waals surface area contributed by atoms with E-state index in [0.717, 1.165) is 51.1 Å². The van der Waals surface area contributed by atoms with Gasteiger partial charge in [0.2, 0.25) is 0 Å². The smallest absolute Gasteiger partial charge is 0.123 e. The molecule has 0 aliphatic rings. The zero-order valence-electron chi connectivity index (χ0n) is 12.8. The average molecular weight is 281 g/mol. The highest BCUT2D eigenvalue weighted by atomic mass is 19.1. The number of halogens is 1. The van der Waals surface area contributed by atoms with Crippen LogP contribution in [0.5, 0.6) is 0 Å². The number of ether oxygens (including phenoxy) is 1. The normalized spacial score (nSPS) is 12.6. The summed E-state index contributed by atoms with van der Waals surface area (Å²) in [4.78, 5) is 0. The molecule has 20 heavy (non-hydrogen) atoms. The van der Waals surface area contributed by atoms with Crippen molar-refractivity contribution in [3.8, 4) is 0 Å². The Bertz CT molecular complexity index is 357. The molecular formula is C17H28FNO. The van der Waals surface area contributed by atoms with Gasteiger partial charge in [0, 0.05) is 13.2 Å². The first-order valence-corrected chi connectivity index (χ1v) is 7.79. The lowest BCUT2D eigenvalue weighted by Crippen LogP contribution is -2.25. The highest BCUT2D eigenvalue weighted by molar-refractivity contribution is 5.16. The molecular weight excluding hydrogens is 253 g/mol. The van der Waals surface area contributed by atoms with Gasteiger partial charge in [0.1, 0.15) is 5.82 Å². The van der Waals surface area contributed by atoms with Crippen LogP contribution in [-0.4, -0.2) is 26.3 Å². The first-order valence-electron chi connectivity index (χ1n) is 7.79. The van der Waals surface area contributed by atoms with Gasteiger partial charge in [0.05, 0.1) is 0 Å².